The van der Waals surface area contributed by atoms with Gasteiger partial charge in [0.2, 0.25) is 5.88 Å². The zero-order valence-corrected chi connectivity index (χ0v) is 14.5. The zero-order chi connectivity index (χ0) is 18.1. The van der Waals surface area contributed by atoms with Gasteiger partial charge in [-0.25, -0.2) is 9.50 Å². The first kappa shape index (κ1) is 15.5. The minimum atomic E-state index is 0.360. The molecule has 0 saturated carbocycles. The van der Waals surface area contributed by atoms with Gasteiger partial charge in [-0.1, -0.05) is 54.6 Å². The van der Waals surface area contributed by atoms with Crippen molar-refractivity contribution in [1.82, 2.24) is 19.6 Å². The van der Waals surface area contributed by atoms with E-state index >= 15 is 0 Å². The summed E-state index contributed by atoms with van der Waals surface area (Å²) >= 11 is 0. The Hall–Kier alpha value is -3.73. The summed E-state index contributed by atoms with van der Waals surface area (Å²) in [5.41, 5.74) is 2.82. The molecule has 5 heteroatoms. The Bertz CT molecular complexity index is 1220. The number of hydrogen-bond donors (Lipinski definition) is 0. The van der Waals surface area contributed by atoms with Crippen LogP contribution in [0.3, 0.4) is 0 Å². The van der Waals surface area contributed by atoms with Crippen molar-refractivity contribution in [1.29, 1.82) is 0 Å². The topological polar surface area (TPSA) is 52.3 Å². The van der Waals surface area contributed by atoms with Crippen molar-refractivity contribution < 1.29 is 4.74 Å². The predicted molar refractivity (Wildman–Crippen MR) is 104 cm³/mol. The van der Waals surface area contributed by atoms with E-state index in [-0.39, 0.29) is 0 Å². The summed E-state index contributed by atoms with van der Waals surface area (Å²) in [5, 5.41) is 6.77. The molecule has 0 N–H and O–H groups in total. The van der Waals surface area contributed by atoms with E-state index < -0.39 is 0 Å². The molecule has 130 valence electrons. The van der Waals surface area contributed by atoms with Crippen molar-refractivity contribution in [3.8, 4) is 17.3 Å². The Morgan fingerprint density at radius 3 is 2.37 bits per heavy atom. The largest absolute Gasteiger partial charge is 0.470 e. The van der Waals surface area contributed by atoms with E-state index in [0.717, 1.165) is 33.4 Å². The lowest BCUT2D eigenvalue weighted by molar-refractivity contribution is 0.289. The Morgan fingerprint density at radius 2 is 1.56 bits per heavy atom. The summed E-state index contributed by atoms with van der Waals surface area (Å²) in [6.45, 7) is 0.360. The Labute approximate surface area is 155 Å². The molecule has 0 bridgehead atoms. The van der Waals surface area contributed by atoms with Gasteiger partial charge >= 0.3 is 0 Å². The lowest BCUT2D eigenvalue weighted by Gasteiger charge is -2.10. The average Bonchev–Trinajstić information content (AvgIpc) is 3.17. The highest BCUT2D eigenvalue weighted by molar-refractivity contribution is 5.98. The van der Waals surface area contributed by atoms with Gasteiger partial charge in [-0.05, 0) is 18.2 Å². The maximum absolute atomic E-state index is 6.05. The minimum Gasteiger partial charge on any atom is -0.470 e. The summed E-state index contributed by atoms with van der Waals surface area (Å²) in [4.78, 5) is 8.93. The fraction of sp³-hybridized carbons (Fsp3) is 0.0455. The van der Waals surface area contributed by atoms with Crippen LogP contribution >= 0.6 is 0 Å². The predicted octanol–water partition coefficient (Wildman–Crippen LogP) is 4.52. The van der Waals surface area contributed by atoms with Gasteiger partial charge in [0.15, 0.2) is 5.82 Å². The van der Waals surface area contributed by atoms with Crippen molar-refractivity contribution in [2.75, 3.05) is 0 Å². The number of benzene rings is 2. The van der Waals surface area contributed by atoms with Crippen LogP contribution < -0.4 is 4.74 Å². The van der Waals surface area contributed by atoms with Crippen LogP contribution in [0.1, 0.15) is 5.69 Å². The molecule has 0 atom stereocenters. The van der Waals surface area contributed by atoms with Crippen LogP contribution in [0.4, 0.5) is 0 Å². The number of fused-ring (bicyclic) bond motifs is 3. The van der Waals surface area contributed by atoms with E-state index in [9.17, 15) is 0 Å². The smallest absolute Gasteiger partial charge is 0.240 e. The number of nitrogens with zero attached hydrogens (tertiary/aromatic N) is 4. The Kier molecular flexibility index (Phi) is 3.76. The van der Waals surface area contributed by atoms with E-state index in [4.69, 9.17) is 9.84 Å². The Morgan fingerprint density at radius 1 is 0.778 bits per heavy atom. The first-order valence-electron chi connectivity index (χ1n) is 8.75. The van der Waals surface area contributed by atoms with Crippen molar-refractivity contribution >= 4 is 16.3 Å². The van der Waals surface area contributed by atoms with E-state index in [1.807, 2.05) is 77.4 Å². The van der Waals surface area contributed by atoms with Gasteiger partial charge in [-0.3, -0.25) is 4.98 Å². The average molecular weight is 352 g/mol. The molecule has 5 rings (SSSR count). The van der Waals surface area contributed by atoms with Gasteiger partial charge in [-0.2, -0.15) is 0 Å². The fourth-order valence-electron chi connectivity index (χ4n) is 3.18. The standard InChI is InChI=1S/C22H16N4O/c1-2-8-16(9-3-1)21-24-14-20-18-11-4-5-12-19(18)22(25-26(20)21)27-15-17-10-6-7-13-23-17/h1-14H,15H2. The second-order valence-electron chi connectivity index (χ2n) is 6.21. The molecule has 0 spiro atoms. The lowest BCUT2D eigenvalue weighted by atomic mass is 10.1. The number of aromatic nitrogens is 4. The molecule has 0 aliphatic carbocycles. The number of ether oxygens (including phenoxy) is 1. The van der Waals surface area contributed by atoms with Crippen LogP contribution in [-0.4, -0.2) is 19.6 Å². The third-order valence-corrected chi connectivity index (χ3v) is 4.48. The summed E-state index contributed by atoms with van der Waals surface area (Å²) in [5.74, 6) is 1.36. The molecule has 0 aliphatic heterocycles. The van der Waals surface area contributed by atoms with Gasteiger partial charge in [0.25, 0.3) is 0 Å². The SMILES string of the molecule is c1ccc(-c2ncc3c4ccccc4c(OCc4ccccn4)nn23)cc1. The van der Waals surface area contributed by atoms with Crippen molar-refractivity contribution in [2.45, 2.75) is 6.61 Å². The Balaban J connectivity index is 1.66. The third-order valence-electron chi connectivity index (χ3n) is 4.48. The molecule has 27 heavy (non-hydrogen) atoms. The van der Waals surface area contributed by atoms with Crippen LogP contribution in [0.25, 0.3) is 27.7 Å². The molecule has 0 saturated heterocycles. The molecule has 0 radical (unpaired) electrons. The zero-order valence-electron chi connectivity index (χ0n) is 14.5. The third kappa shape index (κ3) is 2.79. The van der Waals surface area contributed by atoms with Crippen LogP contribution in [-0.2, 0) is 6.61 Å². The van der Waals surface area contributed by atoms with E-state index in [1.165, 1.54) is 0 Å². The fourth-order valence-corrected chi connectivity index (χ4v) is 3.18. The first-order chi connectivity index (χ1) is 13.4. The minimum absolute atomic E-state index is 0.360. The normalized spacial score (nSPS) is 11.1. The van der Waals surface area contributed by atoms with Gasteiger partial charge in [0, 0.05) is 22.5 Å². The first-order valence-corrected chi connectivity index (χ1v) is 8.75. The summed E-state index contributed by atoms with van der Waals surface area (Å²) in [6.07, 6.45) is 3.62. The molecule has 0 fully saturated rings. The highest BCUT2D eigenvalue weighted by Crippen LogP contribution is 2.30. The van der Waals surface area contributed by atoms with E-state index in [1.54, 1.807) is 6.20 Å². The quantitative estimate of drug-likeness (QED) is 0.477. The van der Waals surface area contributed by atoms with Crippen LogP contribution in [0, 0.1) is 0 Å². The summed E-state index contributed by atoms with van der Waals surface area (Å²) in [7, 11) is 0. The number of hydrogen-bond acceptors (Lipinski definition) is 4. The van der Waals surface area contributed by atoms with E-state index in [0.29, 0.717) is 12.5 Å². The summed E-state index contributed by atoms with van der Waals surface area (Å²) in [6, 6.07) is 23.9. The summed E-state index contributed by atoms with van der Waals surface area (Å²) < 4.78 is 7.90. The number of pyridine rings is 1. The molecule has 5 nitrogen and oxygen atoms in total. The monoisotopic (exact) mass is 352 g/mol. The molecule has 2 aromatic carbocycles. The van der Waals surface area contributed by atoms with Crippen molar-refractivity contribution in [2.24, 2.45) is 0 Å². The van der Waals surface area contributed by atoms with Gasteiger partial charge in [0.05, 0.1) is 17.4 Å². The molecule has 0 unspecified atom stereocenters. The van der Waals surface area contributed by atoms with Crippen molar-refractivity contribution in [3.63, 3.8) is 0 Å². The highest BCUT2D eigenvalue weighted by Gasteiger charge is 2.14. The molecule has 5 aromatic rings. The molecule has 3 heterocycles. The van der Waals surface area contributed by atoms with Gasteiger partial charge in [-0.15, -0.1) is 5.10 Å². The maximum atomic E-state index is 6.05. The molecular formula is C22H16N4O. The van der Waals surface area contributed by atoms with Crippen LogP contribution in [0.2, 0.25) is 0 Å². The van der Waals surface area contributed by atoms with Gasteiger partial charge < -0.3 is 4.74 Å². The molecule has 0 aliphatic rings. The number of rotatable bonds is 4. The highest BCUT2D eigenvalue weighted by atomic mass is 16.5. The second kappa shape index (κ2) is 6.53. The van der Waals surface area contributed by atoms with E-state index in [2.05, 4.69) is 16.0 Å². The van der Waals surface area contributed by atoms with Crippen molar-refractivity contribution in [3.05, 3.63) is 90.9 Å². The van der Waals surface area contributed by atoms with Gasteiger partial charge in [0.1, 0.15) is 6.61 Å². The second-order valence-corrected chi connectivity index (χ2v) is 6.21. The molecule has 0 amide bonds. The maximum Gasteiger partial charge on any atom is 0.240 e. The van der Waals surface area contributed by atoms with Crippen LogP contribution in [0.15, 0.2) is 85.2 Å². The molecule has 3 aromatic heterocycles. The molecular weight excluding hydrogens is 336 g/mol. The number of imidazole rings is 1. The lowest BCUT2D eigenvalue weighted by Crippen LogP contribution is -2.04. The van der Waals surface area contributed by atoms with Crippen LogP contribution in [0.5, 0.6) is 5.88 Å².